The minimum atomic E-state index is 0.282. The van der Waals surface area contributed by atoms with Crippen LogP contribution in [0.4, 0.5) is 17.5 Å². The van der Waals surface area contributed by atoms with Gasteiger partial charge in [-0.3, -0.25) is 5.32 Å². The fourth-order valence-electron chi connectivity index (χ4n) is 3.87. The van der Waals surface area contributed by atoms with E-state index in [0.29, 0.717) is 29.1 Å². The summed E-state index contributed by atoms with van der Waals surface area (Å²) in [5, 5.41) is 6.73. The number of ether oxygens (including phenoxy) is 2. The number of guanidine groups is 1. The van der Waals surface area contributed by atoms with Gasteiger partial charge in [0.05, 0.1) is 14.2 Å². The van der Waals surface area contributed by atoms with Crippen molar-refractivity contribution in [3.63, 3.8) is 0 Å². The molecule has 188 valence electrons. The smallest absolute Gasteiger partial charge is 0.229 e. The Bertz CT molecular complexity index is 1190. The van der Waals surface area contributed by atoms with Crippen LogP contribution in [0.5, 0.6) is 11.5 Å². The standard InChI is InChI=1S/C25H30N8O2S/c1-17-13-18(2)28-23(27-17)30-24(33-11-9-32(10-12-33)22-7-5-6-8-26-22)31-25(36)29-19-14-20(34-3)16-21(15-19)35-4/h5-8,13-16H,9-12H2,1-4H3,(H2,27,28,29,30,31,36). The molecule has 0 amide bonds. The molecule has 0 radical (unpaired) electrons. The van der Waals surface area contributed by atoms with E-state index in [0.717, 1.165) is 43.4 Å². The first-order valence-corrected chi connectivity index (χ1v) is 12.0. The number of methoxy groups -OCH3 is 2. The van der Waals surface area contributed by atoms with Crippen molar-refractivity contribution < 1.29 is 9.47 Å². The van der Waals surface area contributed by atoms with Crippen molar-refractivity contribution in [1.29, 1.82) is 0 Å². The van der Waals surface area contributed by atoms with Gasteiger partial charge in [0.15, 0.2) is 0 Å². The maximum atomic E-state index is 5.60. The highest BCUT2D eigenvalue weighted by Gasteiger charge is 2.22. The Morgan fingerprint density at radius 3 is 2.17 bits per heavy atom. The fraction of sp³-hybridized carbons (Fsp3) is 0.320. The molecule has 0 aliphatic carbocycles. The lowest BCUT2D eigenvalue weighted by molar-refractivity contribution is 0.384. The van der Waals surface area contributed by atoms with Crippen LogP contribution in [0.25, 0.3) is 0 Å². The molecule has 0 bridgehead atoms. The molecule has 0 unspecified atom stereocenters. The number of aromatic nitrogens is 3. The average Bonchev–Trinajstić information content (AvgIpc) is 2.88. The van der Waals surface area contributed by atoms with E-state index in [2.05, 4.69) is 35.4 Å². The highest BCUT2D eigenvalue weighted by Crippen LogP contribution is 2.26. The number of hydrogen-bond donors (Lipinski definition) is 2. The number of piperazine rings is 1. The second-order valence-electron chi connectivity index (χ2n) is 8.23. The van der Waals surface area contributed by atoms with Crippen molar-refractivity contribution in [3.05, 3.63) is 60.0 Å². The Labute approximate surface area is 216 Å². The molecular formula is C25H30N8O2S. The molecule has 11 heteroatoms. The van der Waals surface area contributed by atoms with Crippen LogP contribution < -0.4 is 25.0 Å². The molecular weight excluding hydrogens is 476 g/mol. The lowest BCUT2D eigenvalue weighted by atomic mass is 10.3. The summed E-state index contributed by atoms with van der Waals surface area (Å²) in [5.41, 5.74) is 2.45. The number of aryl methyl sites for hydroxylation is 2. The van der Waals surface area contributed by atoms with Crippen LogP contribution in [-0.2, 0) is 0 Å². The van der Waals surface area contributed by atoms with Crippen molar-refractivity contribution in [1.82, 2.24) is 19.9 Å². The van der Waals surface area contributed by atoms with Crippen LogP contribution in [0.15, 0.2) is 53.7 Å². The molecule has 3 heterocycles. The monoisotopic (exact) mass is 506 g/mol. The predicted molar refractivity (Wildman–Crippen MR) is 146 cm³/mol. The summed E-state index contributed by atoms with van der Waals surface area (Å²) in [5.74, 6) is 3.32. The molecule has 1 saturated heterocycles. The lowest BCUT2D eigenvalue weighted by Crippen LogP contribution is -2.51. The molecule has 1 fully saturated rings. The minimum Gasteiger partial charge on any atom is -0.497 e. The average molecular weight is 507 g/mol. The molecule has 36 heavy (non-hydrogen) atoms. The van der Waals surface area contributed by atoms with Crippen LogP contribution in [0.3, 0.4) is 0 Å². The molecule has 0 atom stereocenters. The number of aliphatic imine (C=N–C) groups is 1. The quantitative estimate of drug-likeness (QED) is 0.304. The molecule has 2 aromatic heterocycles. The van der Waals surface area contributed by atoms with Gasteiger partial charge in [0.2, 0.25) is 17.0 Å². The minimum absolute atomic E-state index is 0.282. The number of thiocarbonyl (C=S) groups is 1. The third-order valence-corrected chi connectivity index (χ3v) is 5.76. The Kier molecular flexibility index (Phi) is 8.11. The SMILES string of the molecule is COc1cc(NC(=S)/N=C(\Nc2nc(C)cc(C)n2)N2CCN(c3ccccn3)CC2)cc(OC)c1. The normalized spacial score (nSPS) is 13.8. The third kappa shape index (κ3) is 6.57. The molecule has 2 N–H and O–H groups in total. The van der Waals surface area contributed by atoms with Gasteiger partial charge in [-0.2, -0.15) is 4.99 Å². The summed E-state index contributed by atoms with van der Waals surface area (Å²) >= 11 is 5.60. The first-order chi connectivity index (χ1) is 17.4. The summed E-state index contributed by atoms with van der Waals surface area (Å²) in [6, 6.07) is 13.3. The number of pyridine rings is 1. The first-order valence-electron chi connectivity index (χ1n) is 11.6. The van der Waals surface area contributed by atoms with E-state index in [1.165, 1.54) is 0 Å². The molecule has 0 saturated carbocycles. The molecule has 4 rings (SSSR count). The van der Waals surface area contributed by atoms with Gasteiger partial charge in [-0.1, -0.05) is 6.07 Å². The van der Waals surface area contributed by atoms with Gasteiger partial charge in [0.1, 0.15) is 17.3 Å². The van der Waals surface area contributed by atoms with E-state index in [-0.39, 0.29) is 5.11 Å². The second kappa shape index (κ2) is 11.6. The zero-order valence-corrected chi connectivity index (χ0v) is 21.7. The molecule has 0 spiro atoms. The van der Waals surface area contributed by atoms with Gasteiger partial charge in [0.25, 0.3) is 0 Å². The van der Waals surface area contributed by atoms with E-state index < -0.39 is 0 Å². The maximum absolute atomic E-state index is 5.60. The van der Waals surface area contributed by atoms with Crippen molar-refractivity contribution in [2.45, 2.75) is 13.8 Å². The summed E-state index contributed by atoms with van der Waals surface area (Å²) < 4.78 is 10.7. The zero-order valence-electron chi connectivity index (χ0n) is 20.9. The second-order valence-corrected chi connectivity index (χ2v) is 8.61. The van der Waals surface area contributed by atoms with E-state index in [4.69, 9.17) is 26.7 Å². The number of nitrogens with zero attached hydrogens (tertiary/aromatic N) is 6. The van der Waals surface area contributed by atoms with Gasteiger partial charge in [-0.15, -0.1) is 0 Å². The van der Waals surface area contributed by atoms with Gasteiger partial charge >= 0.3 is 0 Å². The van der Waals surface area contributed by atoms with Crippen LogP contribution in [0, 0.1) is 13.8 Å². The van der Waals surface area contributed by atoms with Crippen molar-refractivity contribution in [3.8, 4) is 11.5 Å². The summed E-state index contributed by atoms with van der Waals surface area (Å²) in [6.07, 6.45) is 1.81. The summed E-state index contributed by atoms with van der Waals surface area (Å²) in [7, 11) is 3.21. The Hall–Kier alpha value is -3.99. The van der Waals surface area contributed by atoms with Crippen molar-refractivity contribution in [2.24, 2.45) is 4.99 Å². The predicted octanol–water partition coefficient (Wildman–Crippen LogP) is 3.49. The topological polar surface area (TPSA) is 100 Å². The maximum Gasteiger partial charge on any atom is 0.229 e. The molecule has 1 aliphatic heterocycles. The van der Waals surface area contributed by atoms with Crippen molar-refractivity contribution >= 4 is 40.7 Å². The number of anilines is 3. The van der Waals surface area contributed by atoms with E-state index >= 15 is 0 Å². The van der Waals surface area contributed by atoms with E-state index in [9.17, 15) is 0 Å². The molecule has 1 aromatic carbocycles. The van der Waals surface area contributed by atoms with Crippen LogP contribution in [0.2, 0.25) is 0 Å². The number of rotatable bonds is 5. The highest BCUT2D eigenvalue weighted by molar-refractivity contribution is 7.80. The largest absolute Gasteiger partial charge is 0.497 e. The highest BCUT2D eigenvalue weighted by atomic mass is 32.1. The van der Waals surface area contributed by atoms with Crippen LogP contribution in [0.1, 0.15) is 11.4 Å². The number of hydrogen-bond acceptors (Lipinski definition) is 7. The van der Waals surface area contributed by atoms with Gasteiger partial charge in [0, 0.05) is 67.7 Å². The van der Waals surface area contributed by atoms with Gasteiger partial charge in [-0.05, 0) is 44.3 Å². The number of nitrogens with one attached hydrogen (secondary N) is 2. The van der Waals surface area contributed by atoms with Crippen LogP contribution >= 0.6 is 12.2 Å². The summed E-state index contributed by atoms with van der Waals surface area (Å²) in [6.45, 7) is 6.90. The fourth-order valence-corrected chi connectivity index (χ4v) is 4.08. The molecule has 10 nitrogen and oxygen atoms in total. The van der Waals surface area contributed by atoms with Gasteiger partial charge < -0.3 is 24.6 Å². The lowest BCUT2D eigenvalue weighted by Gasteiger charge is -2.36. The summed E-state index contributed by atoms with van der Waals surface area (Å²) in [4.78, 5) is 22.6. The molecule has 3 aromatic rings. The zero-order chi connectivity index (χ0) is 25.5. The van der Waals surface area contributed by atoms with E-state index in [1.54, 1.807) is 20.3 Å². The third-order valence-electron chi connectivity index (χ3n) is 5.57. The Morgan fingerprint density at radius 1 is 0.917 bits per heavy atom. The first kappa shape index (κ1) is 25.1. The van der Waals surface area contributed by atoms with E-state index in [1.807, 2.05) is 56.4 Å². The number of benzene rings is 1. The molecule has 1 aliphatic rings. The Morgan fingerprint density at radius 2 is 1.58 bits per heavy atom. The van der Waals surface area contributed by atoms with Crippen molar-refractivity contribution in [2.75, 3.05) is 55.9 Å². The van der Waals surface area contributed by atoms with Gasteiger partial charge in [-0.25, -0.2) is 15.0 Å². The Balaban J connectivity index is 1.55. The van der Waals surface area contributed by atoms with Crippen LogP contribution in [-0.4, -0.2) is 71.3 Å².